The maximum Gasteiger partial charge on any atom is 0.272 e. The van der Waals surface area contributed by atoms with Crippen molar-refractivity contribution in [3.8, 4) is 29.6 Å². The predicted octanol–water partition coefficient (Wildman–Crippen LogP) is 5.15. The van der Waals surface area contributed by atoms with E-state index in [0.717, 1.165) is 43.5 Å². The van der Waals surface area contributed by atoms with Crippen LogP contribution in [-0.2, 0) is 10.0 Å². The molecule has 3 aromatic rings. The van der Waals surface area contributed by atoms with Gasteiger partial charge in [0.25, 0.3) is 10.0 Å². The Bertz CT molecular complexity index is 1390. The molecule has 0 radical (unpaired) electrons. The number of hydrogen-bond donors (Lipinski definition) is 0. The molecule has 0 atom stereocenters. The lowest BCUT2D eigenvalue weighted by atomic mass is 10.2. The van der Waals surface area contributed by atoms with E-state index in [1.165, 1.54) is 0 Å². The van der Waals surface area contributed by atoms with Gasteiger partial charge in [0, 0.05) is 6.07 Å². The highest BCUT2D eigenvalue weighted by molar-refractivity contribution is 7.93. The minimum atomic E-state index is -5.34. The molecule has 3 rings (SSSR count). The van der Waals surface area contributed by atoms with Gasteiger partial charge in [-0.05, 0) is 36.4 Å². The normalized spacial score (nSPS) is 11.1. The van der Waals surface area contributed by atoms with E-state index in [1.807, 2.05) is 5.92 Å². The maximum absolute atomic E-state index is 14.8. The summed E-state index contributed by atoms with van der Waals surface area (Å²) >= 11 is 0. The van der Waals surface area contributed by atoms with Crippen LogP contribution in [0.25, 0.3) is 0 Å². The Morgan fingerprint density at radius 1 is 0.912 bits per heavy atom. The van der Waals surface area contributed by atoms with Crippen LogP contribution in [0.15, 0.2) is 47.4 Å². The number of rotatable bonds is 7. The van der Waals surface area contributed by atoms with E-state index >= 15 is 0 Å². The maximum atomic E-state index is 14.8. The molecule has 0 spiro atoms. The summed E-state index contributed by atoms with van der Waals surface area (Å²) in [7, 11) is -4.20. The second-order valence-corrected chi connectivity index (χ2v) is 8.30. The molecule has 0 aromatic heterocycles. The highest BCUT2D eigenvalue weighted by Crippen LogP contribution is 2.39. The van der Waals surface area contributed by atoms with Crippen LogP contribution in [-0.4, -0.2) is 22.1 Å². The van der Waals surface area contributed by atoms with Crippen molar-refractivity contribution >= 4 is 15.7 Å². The Hall–Kier alpha value is -3.85. The van der Waals surface area contributed by atoms with Gasteiger partial charge in [0.1, 0.15) is 11.6 Å². The molecule has 0 aliphatic carbocycles. The van der Waals surface area contributed by atoms with Gasteiger partial charge >= 0.3 is 0 Å². The van der Waals surface area contributed by atoms with Crippen molar-refractivity contribution in [3.63, 3.8) is 0 Å². The fraction of sp³-hybridized carbons (Fsp3) is 0.0909. The molecule has 5 nitrogen and oxygen atoms in total. The third-order valence-electron chi connectivity index (χ3n) is 4.42. The zero-order chi connectivity index (χ0) is 25.2. The first-order valence-electron chi connectivity index (χ1n) is 9.12. The van der Waals surface area contributed by atoms with Crippen LogP contribution < -0.4 is 13.8 Å². The zero-order valence-electron chi connectivity index (χ0n) is 17.1. The van der Waals surface area contributed by atoms with E-state index in [4.69, 9.17) is 15.9 Å². The molecule has 178 valence electrons. The van der Waals surface area contributed by atoms with Gasteiger partial charge in [0.2, 0.25) is 11.6 Å². The van der Waals surface area contributed by atoms with E-state index < -0.39 is 73.6 Å². The smallest absolute Gasteiger partial charge is 0.272 e. The van der Waals surface area contributed by atoms with Crippen LogP contribution in [0.1, 0.15) is 0 Å². The second kappa shape index (κ2) is 9.56. The van der Waals surface area contributed by atoms with Crippen molar-refractivity contribution in [2.45, 2.75) is 4.90 Å². The standard InChI is InChI=1S/C22H13F6NO4S/c1-3-10-29(13-6-9-16(32-2)15(24)11-13)34(30,31)22-20(28)18(26)17(25)19(27)21(22)33-14-7-4-12(23)5-8-14/h1,4-9,11H,10H2,2H3. The summed E-state index contributed by atoms with van der Waals surface area (Å²) in [5.41, 5.74) is -0.464. The summed E-state index contributed by atoms with van der Waals surface area (Å²) in [5, 5.41) is 0. The molecule has 3 aromatic carbocycles. The Morgan fingerprint density at radius 2 is 1.53 bits per heavy atom. The Labute approximate surface area is 190 Å². The van der Waals surface area contributed by atoms with Gasteiger partial charge in [-0.3, -0.25) is 4.31 Å². The molecule has 0 bridgehead atoms. The molecule has 0 N–H and O–H groups in total. The van der Waals surface area contributed by atoms with Crippen molar-refractivity contribution in [2.75, 3.05) is 18.0 Å². The van der Waals surface area contributed by atoms with Crippen molar-refractivity contribution in [1.29, 1.82) is 0 Å². The first-order chi connectivity index (χ1) is 16.0. The number of nitrogens with zero attached hydrogens (tertiary/aromatic N) is 1. The monoisotopic (exact) mass is 501 g/mol. The Morgan fingerprint density at radius 3 is 2.09 bits per heavy atom. The highest BCUT2D eigenvalue weighted by atomic mass is 32.2. The van der Waals surface area contributed by atoms with Crippen molar-refractivity contribution in [2.24, 2.45) is 0 Å². The number of hydrogen-bond acceptors (Lipinski definition) is 4. The number of terminal acetylenes is 1. The first-order valence-corrected chi connectivity index (χ1v) is 10.6. The lowest BCUT2D eigenvalue weighted by Crippen LogP contribution is -2.33. The lowest BCUT2D eigenvalue weighted by Gasteiger charge is -2.24. The number of anilines is 1. The summed E-state index contributed by atoms with van der Waals surface area (Å²) in [4.78, 5) is -1.75. The third kappa shape index (κ3) is 4.47. The Kier molecular flexibility index (Phi) is 6.97. The molecule has 12 heteroatoms. The Balaban J connectivity index is 2.27. The van der Waals surface area contributed by atoms with Crippen LogP contribution in [0, 0.1) is 47.2 Å². The fourth-order valence-corrected chi connectivity index (χ4v) is 4.39. The summed E-state index contributed by atoms with van der Waals surface area (Å²) in [6.45, 7) is -0.843. The topological polar surface area (TPSA) is 55.8 Å². The molecule has 34 heavy (non-hydrogen) atoms. The van der Waals surface area contributed by atoms with Crippen molar-refractivity contribution < 1.29 is 44.2 Å². The molecule has 0 heterocycles. The van der Waals surface area contributed by atoms with E-state index in [0.29, 0.717) is 6.07 Å². The van der Waals surface area contributed by atoms with Crippen LogP contribution >= 0.6 is 0 Å². The minimum Gasteiger partial charge on any atom is -0.494 e. The molecule has 0 amide bonds. The summed E-state index contributed by atoms with van der Waals surface area (Å²) < 4.78 is 121. The molecular formula is C22H13F6NO4S. The largest absolute Gasteiger partial charge is 0.494 e. The highest BCUT2D eigenvalue weighted by Gasteiger charge is 2.38. The van der Waals surface area contributed by atoms with Crippen LogP contribution in [0.2, 0.25) is 0 Å². The molecule has 0 unspecified atom stereocenters. The van der Waals surface area contributed by atoms with Crippen LogP contribution in [0.3, 0.4) is 0 Å². The SMILES string of the molecule is C#CCN(c1ccc(OC)c(F)c1)S(=O)(=O)c1c(F)c(F)c(F)c(F)c1Oc1ccc(F)cc1. The summed E-state index contributed by atoms with van der Waals surface area (Å²) in [6.07, 6.45) is 5.19. The molecule has 0 aliphatic rings. The number of halogens is 6. The van der Waals surface area contributed by atoms with Gasteiger partial charge in [-0.1, -0.05) is 5.92 Å². The third-order valence-corrected chi connectivity index (χ3v) is 6.22. The quantitative estimate of drug-likeness (QED) is 0.195. The molecule has 0 saturated heterocycles. The fourth-order valence-electron chi connectivity index (χ4n) is 2.85. The zero-order valence-corrected chi connectivity index (χ0v) is 17.9. The molecule has 0 fully saturated rings. The summed E-state index contributed by atoms with van der Waals surface area (Å²) in [5.74, 6) is -11.4. The second-order valence-electron chi connectivity index (χ2n) is 6.50. The van der Waals surface area contributed by atoms with E-state index in [-0.39, 0.29) is 10.1 Å². The van der Waals surface area contributed by atoms with Crippen LogP contribution in [0.5, 0.6) is 17.2 Å². The lowest BCUT2D eigenvalue weighted by molar-refractivity contribution is 0.352. The number of benzene rings is 3. The van der Waals surface area contributed by atoms with Gasteiger partial charge in [0.05, 0.1) is 19.3 Å². The molecular weight excluding hydrogens is 488 g/mol. The van der Waals surface area contributed by atoms with E-state index in [2.05, 4.69) is 0 Å². The predicted molar refractivity (Wildman–Crippen MR) is 109 cm³/mol. The van der Waals surface area contributed by atoms with E-state index in [9.17, 15) is 34.8 Å². The number of ether oxygens (including phenoxy) is 2. The van der Waals surface area contributed by atoms with Crippen LogP contribution in [0.4, 0.5) is 32.0 Å². The van der Waals surface area contributed by atoms with Gasteiger partial charge in [-0.2, -0.15) is 4.39 Å². The average molecular weight is 501 g/mol. The number of sulfonamides is 1. The van der Waals surface area contributed by atoms with Gasteiger partial charge in [-0.25, -0.2) is 30.4 Å². The van der Waals surface area contributed by atoms with Gasteiger partial charge in [0.15, 0.2) is 33.8 Å². The summed E-state index contributed by atoms with van der Waals surface area (Å²) in [6, 6.07) is 6.21. The number of methoxy groups -OCH3 is 1. The van der Waals surface area contributed by atoms with Crippen molar-refractivity contribution in [1.82, 2.24) is 0 Å². The first kappa shape index (κ1) is 24.8. The molecule has 0 saturated carbocycles. The molecule has 0 aliphatic heterocycles. The average Bonchev–Trinajstić information content (AvgIpc) is 2.80. The van der Waals surface area contributed by atoms with Gasteiger partial charge in [-0.15, -0.1) is 6.42 Å². The van der Waals surface area contributed by atoms with Crippen molar-refractivity contribution in [3.05, 3.63) is 77.4 Å². The van der Waals surface area contributed by atoms with E-state index in [1.54, 1.807) is 0 Å². The van der Waals surface area contributed by atoms with Gasteiger partial charge < -0.3 is 9.47 Å². The minimum absolute atomic E-state index is 0.252.